The van der Waals surface area contributed by atoms with Gasteiger partial charge < -0.3 is 10.1 Å². The van der Waals surface area contributed by atoms with E-state index in [2.05, 4.69) is 12.2 Å². The van der Waals surface area contributed by atoms with Gasteiger partial charge in [0.05, 0.1) is 13.0 Å². The van der Waals surface area contributed by atoms with Gasteiger partial charge in [0.2, 0.25) is 5.91 Å². The van der Waals surface area contributed by atoms with E-state index in [9.17, 15) is 4.79 Å². The zero-order valence-corrected chi connectivity index (χ0v) is 12.5. The molecule has 3 nitrogen and oxygen atoms in total. The molecule has 0 aliphatic heterocycles. The standard InChI is InChI=1S/C17H25NO2/c1-13-7-9-15(10-8-13)20-12-11-17(19)18-16-6-4-3-5-14(16)2/h7-10,14,16H,3-6,11-12H2,1-2H3,(H,18,19). The maximum absolute atomic E-state index is 11.9. The molecule has 20 heavy (non-hydrogen) atoms. The zero-order chi connectivity index (χ0) is 14.4. The highest BCUT2D eigenvalue weighted by Crippen LogP contribution is 2.23. The molecule has 1 N–H and O–H groups in total. The summed E-state index contributed by atoms with van der Waals surface area (Å²) in [5.41, 5.74) is 1.21. The number of ether oxygens (including phenoxy) is 1. The van der Waals surface area contributed by atoms with Gasteiger partial charge in [0.25, 0.3) is 0 Å². The fourth-order valence-electron chi connectivity index (χ4n) is 2.71. The van der Waals surface area contributed by atoms with Crippen molar-refractivity contribution in [1.82, 2.24) is 5.32 Å². The predicted octanol–water partition coefficient (Wildman–Crippen LogP) is 3.46. The maximum atomic E-state index is 11.9. The Morgan fingerprint density at radius 3 is 2.65 bits per heavy atom. The Morgan fingerprint density at radius 1 is 1.25 bits per heavy atom. The van der Waals surface area contributed by atoms with E-state index in [1.54, 1.807) is 0 Å². The van der Waals surface area contributed by atoms with Crippen molar-refractivity contribution in [2.24, 2.45) is 5.92 Å². The van der Waals surface area contributed by atoms with Gasteiger partial charge in [-0.25, -0.2) is 0 Å². The number of amides is 1. The van der Waals surface area contributed by atoms with Crippen LogP contribution in [0.4, 0.5) is 0 Å². The Morgan fingerprint density at radius 2 is 1.95 bits per heavy atom. The van der Waals surface area contributed by atoms with Gasteiger partial charge in [0.1, 0.15) is 5.75 Å². The second-order valence-electron chi connectivity index (χ2n) is 5.85. The lowest BCUT2D eigenvalue weighted by atomic mass is 9.86. The molecule has 2 unspecified atom stereocenters. The van der Waals surface area contributed by atoms with Crippen molar-refractivity contribution in [3.63, 3.8) is 0 Å². The Bertz CT molecular complexity index is 427. The highest BCUT2D eigenvalue weighted by molar-refractivity contribution is 5.76. The highest BCUT2D eigenvalue weighted by Gasteiger charge is 2.22. The Kier molecular flexibility index (Phi) is 5.45. The summed E-state index contributed by atoms with van der Waals surface area (Å²) in [6.45, 7) is 4.71. The van der Waals surface area contributed by atoms with Crippen LogP contribution in [0.1, 0.15) is 44.6 Å². The third-order valence-corrected chi connectivity index (χ3v) is 4.08. The molecule has 0 aromatic heterocycles. The molecule has 1 amide bonds. The van der Waals surface area contributed by atoms with Gasteiger partial charge in [0, 0.05) is 6.04 Å². The number of carbonyl (C=O) groups excluding carboxylic acids is 1. The first kappa shape index (κ1) is 14.9. The molecule has 1 fully saturated rings. The molecule has 0 spiro atoms. The summed E-state index contributed by atoms with van der Waals surface area (Å²) < 4.78 is 5.59. The largest absolute Gasteiger partial charge is 0.493 e. The number of hydrogen-bond donors (Lipinski definition) is 1. The monoisotopic (exact) mass is 275 g/mol. The number of aryl methyl sites for hydroxylation is 1. The van der Waals surface area contributed by atoms with Crippen LogP contribution in [0.5, 0.6) is 5.75 Å². The smallest absolute Gasteiger partial charge is 0.223 e. The minimum atomic E-state index is 0.107. The quantitative estimate of drug-likeness (QED) is 0.893. The molecule has 1 aliphatic rings. The summed E-state index contributed by atoms with van der Waals surface area (Å²) in [5, 5.41) is 3.15. The number of carbonyl (C=O) groups is 1. The van der Waals surface area contributed by atoms with Crippen LogP contribution in [0.3, 0.4) is 0 Å². The normalized spacial score (nSPS) is 22.3. The molecule has 2 atom stereocenters. The lowest BCUT2D eigenvalue weighted by molar-refractivity contribution is -0.122. The number of nitrogens with one attached hydrogen (secondary N) is 1. The van der Waals surface area contributed by atoms with Crippen molar-refractivity contribution in [3.8, 4) is 5.75 Å². The van der Waals surface area contributed by atoms with Crippen molar-refractivity contribution in [1.29, 1.82) is 0 Å². The second-order valence-corrected chi connectivity index (χ2v) is 5.85. The molecular weight excluding hydrogens is 250 g/mol. The van der Waals surface area contributed by atoms with Crippen LogP contribution in [0.2, 0.25) is 0 Å². The lowest BCUT2D eigenvalue weighted by Crippen LogP contribution is -2.41. The van der Waals surface area contributed by atoms with Crippen LogP contribution in [0, 0.1) is 12.8 Å². The fraction of sp³-hybridized carbons (Fsp3) is 0.588. The average molecular weight is 275 g/mol. The van der Waals surface area contributed by atoms with E-state index in [4.69, 9.17) is 4.74 Å². The number of rotatable bonds is 5. The predicted molar refractivity (Wildman–Crippen MR) is 80.9 cm³/mol. The van der Waals surface area contributed by atoms with E-state index in [0.717, 1.165) is 12.2 Å². The van der Waals surface area contributed by atoms with Gasteiger partial charge >= 0.3 is 0 Å². The lowest BCUT2D eigenvalue weighted by Gasteiger charge is -2.29. The first-order valence-corrected chi connectivity index (χ1v) is 7.64. The SMILES string of the molecule is Cc1ccc(OCCC(=O)NC2CCCCC2C)cc1. The fourth-order valence-corrected chi connectivity index (χ4v) is 2.71. The molecule has 1 aromatic rings. The van der Waals surface area contributed by atoms with Gasteiger partial charge in [0.15, 0.2) is 0 Å². The van der Waals surface area contributed by atoms with Crippen molar-refractivity contribution < 1.29 is 9.53 Å². The third-order valence-electron chi connectivity index (χ3n) is 4.08. The van der Waals surface area contributed by atoms with Crippen molar-refractivity contribution in [2.75, 3.05) is 6.61 Å². The third kappa shape index (κ3) is 4.55. The van der Waals surface area contributed by atoms with E-state index in [1.165, 1.54) is 24.8 Å². The molecule has 0 bridgehead atoms. The molecule has 1 aliphatic carbocycles. The summed E-state index contributed by atoms with van der Waals surface area (Å²) >= 11 is 0. The average Bonchev–Trinajstić information content (AvgIpc) is 2.44. The van der Waals surface area contributed by atoms with Gasteiger partial charge in [-0.15, -0.1) is 0 Å². The minimum absolute atomic E-state index is 0.107. The first-order chi connectivity index (χ1) is 9.65. The summed E-state index contributed by atoms with van der Waals surface area (Å²) in [5.74, 6) is 1.54. The van der Waals surface area contributed by atoms with Crippen LogP contribution in [0.15, 0.2) is 24.3 Å². The Balaban J connectivity index is 1.68. The maximum Gasteiger partial charge on any atom is 0.223 e. The van der Waals surface area contributed by atoms with Crippen LogP contribution in [0.25, 0.3) is 0 Å². The summed E-state index contributed by atoms with van der Waals surface area (Å²) in [6.07, 6.45) is 5.30. The Hall–Kier alpha value is -1.51. The van der Waals surface area contributed by atoms with Gasteiger partial charge in [-0.3, -0.25) is 4.79 Å². The summed E-state index contributed by atoms with van der Waals surface area (Å²) in [4.78, 5) is 11.9. The Labute approximate surface area is 121 Å². The van der Waals surface area contributed by atoms with Crippen molar-refractivity contribution >= 4 is 5.91 Å². The first-order valence-electron chi connectivity index (χ1n) is 7.64. The molecule has 2 rings (SSSR count). The van der Waals surface area contributed by atoms with Gasteiger partial charge in [-0.05, 0) is 37.8 Å². The summed E-state index contributed by atoms with van der Waals surface area (Å²) in [6, 6.07) is 8.26. The number of hydrogen-bond acceptors (Lipinski definition) is 2. The van der Waals surface area contributed by atoms with E-state index in [0.29, 0.717) is 25.0 Å². The highest BCUT2D eigenvalue weighted by atomic mass is 16.5. The second kappa shape index (κ2) is 7.32. The molecule has 0 saturated heterocycles. The molecule has 3 heteroatoms. The summed E-state index contributed by atoms with van der Waals surface area (Å²) in [7, 11) is 0. The molecule has 1 aromatic carbocycles. The molecule has 1 saturated carbocycles. The van der Waals surface area contributed by atoms with Crippen LogP contribution in [-0.4, -0.2) is 18.6 Å². The molecular formula is C17H25NO2. The van der Waals surface area contributed by atoms with Crippen molar-refractivity contribution in [3.05, 3.63) is 29.8 Å². The van der Waals surface area contributed by atoms with E-state index in [1.807, 2.05) is 31.2 Å². The van der Waals surface area contributed by atoms with Crippen molar-refractivity contribution in [2.45, 2.75) is 52.0 Å². The van der Waals surface area contributed by atoms with Crippen LogP contribution < -0.4 is 10.1 Å². The van der Waals surface area contributed by atoms with Crippen LogP contribution in [-0.2, 0) is 4.79 Å². The van der Waals surface area contributed by atoms with Crippen LogP contribution >= 0.6 is 0 Å². The molecule has 0 heterocycles. The minimum Gasteiger partial charge on any atom is -0.493 e. The van der Waals surface area contributed by atoms with E-state index >= 15 is 0 Å². The van der Waals surface area contributed by atoms with Gasteiger partial charge in [-0.1, -0.05) is 37.5 Å². The van der Waals surface area contributed by atoms with Gasteiger partial charge in [-0.2, -0.15) is 0 Å². The molecule has 0 radical (unpaired) electrons. The zero-order valence-electron chi connectivity index (χ0n) is 12.5. The van der Waals surface area contributed by atoms with E-state index in [-0.39, 0.29) is 5.91 Å². The van der Waals surface area contributed by atoms with E-state index < -0.39 is 0 Å². The molecule has 110 valence electrons. The number of benzene rings is 1. The topological polar surface area (TPSA) is 38.3 Å².